The smallest absolute Gasteiger partial charge is 0.390 e. The monoisotopic (exact) mass is 386 g/mol. The highest BCUT2D eigenvalue weighted by Crippen LogP contribution is 2.19. The van der Waals surface area contributed by atoms with Gasteiger partial charge in [-0.05, 0) is 37.0 Å². The fraction of sp³-hybridized carbons (Fsp3) is 0.556. The first-order valence-corrected chi connectivity index (χ1v) is 8.88. The fourth-order valence-electron chi connectivity index (χ4n) is 2.27. The lowest BCUT2D eigenvalue weighted by atomic mass is 10.1. The number of halogens is 3. The van der Waals surface area contributed by atoms with Crippen LogP contribution in [0.15, 0.2) is 29.3 Å². The largest absolute Gasteiger partial charge is 0.484 e. The second-order valence-electron chi connectivity index (χ2n) is 6.32. The number of alkyl halides is 3. The number of guanidine groups is 1. The van der Waals surface area contributed by atoms with Gasteiger partial charge < -0.3 is 20.7 Å². The molecule has 0 bridgehead atoms. The van der Waals surface area contributed by atoms with Crippen LogP contribution in [0, 0.1) is 0 Å². The molecule has 0 aromatic heterocycles. The van der Waals surface area contributed by atoms with E-state index in [0.717, 1.165) is 18.4 Å². The van der Waals surface area contributed by atoms with Crippen LogP contribution in [0.1, 0.15) is 24.8 Å². The average molecular weight is 386 g/mol. The number of nitrogens with one attached hydrogen (secondary N) is 3. The summed E-state index contributed by atoms with van der Waals surface area (Å²) in [5.74, 6) is 0.832. The van der Waals surface area contributed by atoms with E-state index in [2.05, 4.69) is 20.9 Å². The minimum Gasteiger partial charge on any atom is -0.484 e. The van der Waals surface area contributed by atoms with Crippen molar-refractivity contribution in [3.63, 3.8) is 0 Å². The van der Waals surface area contributed by atoms with Gasteiger partial charge in [0.25, 0.3) is 5.91 Å². The minimum atomic E-state index is -4.19. The Morgan fingerprint density at radius 2 is 1.85 bits per heavy atom. The fourth-order valence-corrected chi connectivity index (χ4v) is 2.27. The standard InChI is InChI=1S/C18H25F3N4O2/c1-22-17(24-11-9-18(19,20)21)23-10-8-13-2-6-15(7-3-13)27-12-16(26)25-14-4-5-14/h2-3,6-7,14H,4-5,8-12H2,1H3,(H,25,26)(H2,22,23,24). The van der Waals surface area contributed by atoms with Crippen molar-refractivity contribution in [3.05, 3.63) is 29.8 Å². The second kappa shape index (κ2) is 10.0. The van der Waals surface area contributed by atoms with Gasteiger partial charge >= 0.3 is 6.18 Å². The minimum absolute atomic E-state index is 0.00266. The summed E-state index contributed by atoms with van der Waals surface area (Å²) in [6.07, 6.45) is -2.35. The molecule has 1 fully saturated rings. The molecule has 0 heterocycles. The highest BCUT2D eigenvalue weighted by molar-refractivity contribution is 5.79. The predicted octanol–water partition coefficient (Wildman–Crippen LogP) is 2.00. The first-order valence-electron chi connectivity index (χ1n) is 8.88. The molecular formula is C18H25F3N4O2. The van der Waals surface area contributed by atoms with Gasteiger partial charge in [-0.1, -0.05) is 12.1 Å². The summed E-state index contributed by atoms with van der Waals surface area (Å²) in [5.41, 5.74) is 1.03. The number of hydrogen-bond acceptors (Lipinski definition) is 3. The quantitative estimate of drug-likeness (QED) is 0.448. The number of hydrogen-bond donors (Lipinski definition) is 3. The van der Waals surface area contributed by atoms with Crippen LogP contribution < -0.4 is 20.7 Å². The maximum atomic E-state index is 12.1. The van der Waals surface area contributed by atoms with Crippen molar-refractivity contribution >= 4 is 11.9 Å². The number of ether oxygens (including phenoxy) is 1. The van der Waals surface area contributed by atoms with Crippen LogP contribution >= 0.6 is 0 Å². The van der Waals surface area contributed by atoms with Gasteiger partial charge in [0, 0.05) is 26.2 Å². The number of nitrogens with zero attached hydrogens (tertiary/aromatic N) is 1. The third-order valence-corrected chi connectivity index (χ3v) is 3.87. The normalized spacial score (nSPS) is 14.6. The van der Waals surface area contributed by atoms with E-state index in [0.29, 0.717) is 30.7 Å². The highest BCUT2D eigenvalue weighted by Gasteiger charge is 2.26. The van der Waals surface area contributed by atoms with Gasteiger partial charge in [0.05, 0.1) is 6.42 Å². The number of carbonyl (C=O) groups excluding carboxylic acids is 1. The van der Waals surface area contributed by atoms with E-state index >= 15 is 0 Å². The molecule has 1 aromatic carbocycles. The molecule has 2 rings (SSSR count). The summed E-state index contributed by atoms with van der Waals surface area (Å²) in [6.45, 7) is 0.302. The topological polar surface area (TPSA) is 74.8 Å². The molecule has 0 radical (unpaired) electrons. The molecule has 3 N–H and O–H groups in total. The summed E-state index contributed by atoms with van der Waals surface area (Å²) in [6, 6.07) is 7.66. The molecule has 0 saturated heterocycles. The maximum Gasteiger partial charge on any atom is 0.390 e. The van der Waals surface area contributed by atoms with Crippen molar-refractivity contribution in [1.29, 1.82) is 0 Å². The first kappa shape index (κ1) is 20.9. The van der Waals surface area contributed by atoms with Crippen LogP contribution in [0.3, 0.4) is 0 Å². The molecule has 1 saturated carbocycles. The van der Waals surface area contributed by atoms with Gasteiger partial charge in [0.1, 0.15) is 5.75 Å². The Bertz CT molecular complexity index is 628. The highest BCUT2D eigenvalue weighted by atomic mass is 19.4. The third-order valence-electron chi connectivity index (χ3n) is 3.87. The number of benzene rings is 1. The van der Waals surface area contributed by atoms with Crippen molar-refractivity contribution in [2.75, 3.05) is 26.7 Å². The lowest BCUT2D eigenvalue weighted by Crippen LogP contribution is -2.39. The van der Waals surface area contributed by atoms with Crippen LogP contribution in [-0.2, 0) is 11.2 Å². The summed E-state index contributed by atoms with van der Waals surface area (Å²) < 4.78 is 41.9. The van der Waals surface area contributed by atoms with Crippen LogP contribution in [0.2, 0.25) is 0 Å². The van der Waals surface area contributed by atoms with E-state index < -0.39 is 12.6 Å². The Morgan fingerprint density at radius 3 is 2.44 bits per heavy atom. The van der Waals surface area contributed by atoms with Gasteiger partial charge in [-0.3, -0.25) is 9.79 Å². The van der Waals surface area contributed by atoms with E-state index in [1.54, 1.807) is 12.1 Å². The average Bonchev–Trinajstić information content (AvgIpc) is 3.42. The zero-order chi connectivity index (χ0) is 19.7. The Balaban J connectivity index is 1.64. The van der Waals surface area contributed by atoms with E-state index in [1.807, 2.05) is 12.1 Å². The molecule has 0 atom stereocenters. The van der Waals surface area contributed by atoms with Crippen molar-refractivity contribution in [3.8, 4) is 5.75 Å². The second-order valence-corrected chi connectivity index (χ2v) is 6.32. The number of amides is 1. The van der Waals surface area contributed by atoms with Crippen LogP contribution in [0.25, 0.3) is 0 Å². The lowest BCUT2D eigenvalue weighted by Gasteiger charge is -2.13. The molecule has 1 aromatic rings. The third kappa shape index (κ3) is 9.16. The molecule has 1 aliphatic rings. The molecule has 6 nitrogen and oxygen atoms in total. The Kier molecular flexibility index (Phi) is 7.75. The molecule has 1 amide bonds. The summed E-state index contributed by atoms with van der Waals surface area (Å²) in [5, 5.41) is 8.45. The zero-order valence-electron chi connectivity index (χ0n) is 15.2. The van der Waals surface area contributed by atoms with Gasteiger partial charge in [-0.2, -0.15) is 13.2 Å². The van der Waals surface area contributed by atoms with Crippen molar-refractivity contribution in [1.82, 2.24) is 16.0 Å². The molecule has 0 unspecified atom stereocenters. The molecule has 9 heteroatoms. The van der Waals surface area contributed by atoms with Gasteiger partial charge in [-0.25, -0.2) is 0 Å². The predicted molar refractivity (Wildman–Crippen MR) is 96.8 cm³/mol. The van der Waals surface area contributed by atoms with Crippen LogP contribution in [0.5, 0.6) is 5.75 Å². The zero-order valence-corrected chi connectivity index (χ0v) is 15.2. The Morgan fingerprint density at radius 1 is 1.19 bits per heavy atom. The Hall–Kier alpha value is -2.45. The molecule has 1 aliphatic carbocycles. The molecule has 0 spiro atoms. The Labute approximate surface area is 156 Å². The van der Waals surface area contributed by atoms with Gasteiger partial charge in [0.2, 0.25) is 0 Å². The maximum absolute atomic E-state index is 12.1. The van der Waals surface area contributed by atoms with Crippen LogP contribution in [0.4, 0.5) is 13.2 Å². The molecule has 0 aliphatic heterocycles. The summed E-state index contributed by atoms with van der Waals surface area (Å²) >= 11 is 0. The molecule has 27 heavy (non-hydrogen) atoms. The molecular weight excluding hydrogens is 361 g/mol. The van der Waals surface area contributed by atoms with Crippen molar-refractivity contribution in [2.45, 2.75) is 37.9 Å². The van der Waals surface area contributed by atoms with Gasteiger partial charge in [0.15, 0.2) is 12.6 Å². The van der Waals surface area contributed by atoms with E-state index in [-0.39, 0.29) is 19.1 Å². The number of rotatable bonds is 9. The molecule has 150 valence electrons. The summed E-state index contributed by atoms with van der Waals surface area (Å²) in [7, 11) is 1.51. The van der Waals surface area contributed by atoms with Crippen molar-refractivity contribution < 1.29 is 22.7 Å². The van der Waals surface area contributed by atoms with E-state index in [4.69, 9.17) is 4.74 Å². The van der Waals surface area contributed by atoms with Crippen LogP contribution in [-0.4, -0.2) is 50.8 Å². The summed E-state index contributed by atoms with van der Waals surface area (Å²) in [4.78, 5) is 15.5. The van der Waals surface area contributed by atoms with E-state index in [9.17, 15) is 18.0 Å². The SMILES string of the molecule is CN=C(NCCc1ccc(OCC(=O)NC2CC2)cc1)NCCC(F)(F)F. The van der Waals surface area contributed by atoms with Gasteiger partial charge in [-0.15, -0.1) is 0 Å². The van der Waals surface area contributed by atoms with Crippen molar-refractivity contribution in [2.24, 2.45) is 4.99 Å². The number of carbonyl (C=O) groups is 1. The first-order chi connectivity index (χ1) is 12.9. The number of aliphatic imine (C=N–C) groups is 1. The van der Waals surface area contributed by atoms with E-state index in [1.165, 1.54) is 7.05 Å². The lowest BCUT2D eigenvalue weighted by molar-refractivity contribution is -0.132.